The van der Waals surface area contributed by atoms with Gasteiger partial charge in [0.15, 0.2) is 0 Å². The van der Waals surface area contributed by atoms with Crippen molar-refractivity contribution in [3.8, 4) is 0 Å². The van der Waals surface area contributed by atoms with Crippen molar-refractivity contribution in [1.82, 2.24) is 5.32 Å². The van der Waals surface area contributed by atoms with Crippen LogP contribution in [0.1, 0.15) is 239 Å². The zero-order chi connectivity index (χ0) is 45.6. The molecule has 2 unspecified atom stereocenters. The van der Waals surface area contributed by atoms with Gasteiger partial charge in [-0.1, -0.05) is 258 Å². The number of aliphatic hydroxyl groups excluding tert-OH is 2. The second-order valence-electron chi connectivity index (χ2n) is 17.6. The maximum absolute atomic E-state index is 12.5. The molecule has 0 heterocycles. The van der Waals surface area contributed by atoms with Crippen LogP contribution in [0.3, 0.4) is 0 Å². The van der Waals surface area contributed by atoms with Gasteiger partial charge < -0.3 is 15.5 Å². The fourth-order valence-corrected chi connectivity index (χ4v) is 7.53. The van der Waals surface area contributed by atoms with E-state index in [1.807, 2.05) is 0 Å². The molecule has 0 aromatic heterocycles. The van der Waals surface area contributed by atoms with Crippen molar-refractivity contribution in [3.63, 3.8) is 0 Å². The van der Waals surface area contributed by atoms with E-state index in [1.165, 1.54) is 128 Å². The highest BCUT2D eigenvalue weighted by molar-refractivity contribution is 5.76. The van der Waals surface area contributed by atoms with E-state index in [1.54, 1.807) is 0 Å². The Labute approximate surface area is 391 Å². The fraction of sp³-hybridized carbons (Fsp3) is 0.678. The van der Waals surface area contributed by atoms with Crippen LogP contribution in [0.2, 0.25) is 0 Å². The van der Waals surface area contributed by atoms with Crippen molar-refractivity contribution in [3.05, 3.63) is 109 Å². The number of allylic oxidation sites excluding steroid dienone is 18. The highest BCUT2D eigenvalue weighted by atomic mass is 16.3. The Morgan fingerprint density at radius 2 is 0.698 bits per heavy atom. The molecule has 0 rings (SSSR count). The Morgan fingerprint density at radius 1 is 0.397 bits per heavy atom. The number of hydrogen-bond donors (Lipinski definition) is 3. The predicted molar refractivity (Wildman–Crippen MR) is 280 cm³/mol. The van der Waals surface area contributed by atoms with Crippen LogP contribution in [-0.2, 0) is 4.79 Å². The van der Waals surface area contributed by atoms with Crippen molar-refractivity contribution in [2.45, 2.75) is 251 Å². The molecule has 0 bridgehead atoms. The SMILES string of the molecule is CC/C=C\C/C=C\C/C=C\C/C=C\C/C=C\C/C=C\C/C=C\C/C=C\C/C=C\CCCCCCCCCCCC(=O)NC(CO)C(O)CCCCCCCCCCCCCCCC. The van der Waals surface area contributed by atoms with Crippen molar-refractivity contribution in [2.75, 3.05) is 6.61 Å². The summed E-state index contributed by atoms with van der Waals surface area (Å²) in [4.78, 5) is 12.5. The molecule has 0 aliphatic carbocycles. The Bertz CT molecular complexity index is 1220. The lowest BCUT2D eigenvalue weighted by atomic mass is 10.0. The first-order chi connectivity index (χ1) is 31.2. The van der Waals surface area contributed by atoms with E-state index in [9.17, 15) is 15.0 Å². The molecule has 0 fully saturated rings. The topological polar surface area (TPSA) is 69.6 Å². The van der Waals surface area contributed by atoms with Gasteiger partial charge in [-0.15, -0.1) is 0 Å². The van der Waals surface area contributed by atoms with Gasteiger partial charge >= 0.3 is 0 Å². The van der Waals surface area contributed by atoms with Gasteiger partial charge in [-0.3, -0.25) is 4.79 Å². The molecule has 4 nitrogen and oxygen atoms in total. The molecule has 0 saturated carbocycles. The van der Waals surface area contributed by atoms with Gasteiger partial charge in [0.2, 0.25) is 5.91 Å². The Kier molecular flexibility index (Phi) is 50.9. The van der Waals surface area contributed by atoms with Crippen LogP contribution in [0.5, 0.6) is 0 Å². The molecule has 3 N–H and O–H groups in total. The highest BCUT2D eigenvalue weighted by Gasteiger charge is 2.20. The number of nitrogens with one attached hydrogen (secondary N) is 1. The molecule has 63 heavy (non-hydrogen) atoms. The zero-order valence-electron chi connectivity index (χ0n) is 41.3. The number of carbonyl (C=O) groups is 1. The van der Waals surface area contributed by atoms with Gasteiger partial charge in [0.25, 0.3) is 0 Å². The molecule has 0 spiro atoms. The lowest BCUT2D eigenvalue weighted by Gasteiger charge is -2.22. The van der Waals surface area contributed by atoms with E-state index in [4.69, 9.17) is 0 Å². The summed E-state index contributed by atoms with van der Waals surface area (Å²) in [5, 5.41) is 23.2. The van der Waals surface area contributed by atoms with E-state index < -0.39 is 12.1 Å². The Morgan fingerprint density at radius 3 is 1.05 bits per heavy atom. The lowest BCUT2D eigenvalue weighted by molar-refractivity contribution is -0.123. The fourth-order valence-electron chi connectivity index (χ4n) is 7.53. The lowest BCUT2D eigenvalue weighted by Crippen LogP contribution is -2.45. The molecule has 0 aliphatic rings. The normalized spacial score (nSPS) is 13.8. The second-order valence-corrected chi connectivity index (χ2v) is 17.6. The summed E-state index contributed by atoms with van der Waals surface area (Å²) >= 11 is 0. The highest BCUT2D eigenvalue weighted by Crippen LogP contribution is 2.15. The van der Waals surface area contributed by atoms with E-state index in [0.717, 1.165) is 83.5 Å². The number of rotatable bonds is 47. The number of carbonyl (C=O) groups excluding carboxylic acids is 1. The third-order valence-corrected chi connectivity index (χ3v) is 11.5. The van der Waals surface area contributed by atoms with E-state index >= 15 is 0 Å². The number of amides is 1. The van der Waals surface area contributed by atoms with Gasteiger partial charge in [0, 0.05) is 6.42 Å². The molecule has 360 valence electrons. The Balaban J connectivity index is 3.59. The molecule has 1 amide bonds. The van der Waals surface area contributed by atoms with E-state index in [0.29, 0.717) is 12.8 Å². The summed E-state index contributed by atoms with van der Waals surface area (Å²) < 4.78 is 0. The molecule has 0 aromatic carbocycles. The standard InChI is InChI=1S/C59H101NO3/c1-3-5-7-9-11-13-15-17-19-20-21-22-23-24-25-26-27-28-29-30-31-32-33-34-35-36-37-38-39-40-41-43-45-47-49-51-53-55-59(63)60-57(56-61)58(62)54-52-50-48-46-44-42-18-16-14-12-10-8-6-4-2/h5,7,11,13,17,19,21-22,24-25,27-28,30-31,33-34,36-37,57-58,61-62H,3-4,6,8-10,12,14-16,18,20,23,26,29,32,35,38-56H2,1-2H3,(H,60,63)/b7-5-,13-11-,19-17-,22-21-,25-24-,28-27-,31-30-,34-33-,37-36-. The minimum absolute atomic E-state index is 0.0419. The summed E-state index contributed by atoms with van der Waals surface area (Å²) in [6.07, 6.45) is 80.5. The van der Waals surface area contributed by atoms with Crippen LogP contribution >= 0.6 is 0 Å². The van der Waals surface area contributed by atoms with Crippen LogP contribution in [0.4, 0.5) is 0 Å². The first-order valence-corrected chi connectivity index (χ1v) is 26.6. The smallest absolute Gasteiger partial charge is 0.220 e. The summed E-state index contributed by atoms with van der Waals surface area (Å²) in [5.41, 5.74) is 0. The zero-order valence-corrected chi connectivity index (χ0v) is 41.3. The molecular weight excluding hydrogens is 771 g/mol. The molecule has 0 aromatic rings. The number of aliphatic hydroxyl groups is 2. The van der Waals surface area contributed by atoms with E-state index in [2.05, 4.69) is 129 Å². The second kappa shape index (κ2) is 53.4. The van der Waals surface area contributed by atoms with Gasteiger partial charge in [-0.2, -0.15) is 0 Å². The number of hydrogen-bond acceptors (Lipinski definition) is 3. The maximum atomic E-state index is 12.5. The van der Waals surface area contributed by atoms with Gasteiger partial charge in [0.05, 0.1) is 18.8 Å². The average molecular weight is 872 g/mol. The molecule has 2 atom stereocenters. The first kappa shape index (κ1) is 60.1. The summed E-state index contributed by atoms with van der Waals surface area (Å²) in [6, 6.07) is -0.546. The largest absolute Gasteiger partial charge is 0.394 e. The van der Waals surface area contributed by atoms with Crippen molar-refractivity contribution in [1.29, 1.82) is 0 Å². The van der Waals surface area contributed by atoms with Crippen LogP contribution in [0, 0.1) is 0 Å². The van der Waals surface area contributed by atoms with Crippen molar-refractivity contribution >= 4 is 5.91 Å². The summed E-state index contributed by atoms with van der Waals surface area (Å²) in [5.74, 6) is -0.0419. The van der Waals surface area contributed by atoms with Gasteiger partial charge in [-0.05, 0) is 83.5 Å². The average Bonchev–Trinajstić information content (AvgIpc) is 3.29. The molecule has 0 radical (unpaired) electrons. The van der Waals surface area contributed by atoms with Gasteiger partial charge in [-0.25, -0.2) is 0 Å². The third kappa shape index (κ3) is 49.9. The first-order valence-electron chi connectivity index (χ1n) is 26.6. The summed E-state index contributed by atoms with van der Waals surface area (Å²) in [6.45, 7) is 4.24. The molecule has 0 aliphatic heterocycles. The monoisotopic (exact) mass is 872 g/mol. The minimum atomic E-state index is -0.668. The predicted octanol–water partition coefficient (Wildman–Crippen LogP) is 17.5. The Hall–Kier alpha value is -2.95. The quantitative estimate of drug-likeness (QED) is 0.0421. The van der Waals surface area contributed by atoms with Gasteiger partial charge in [0.1, 0.15) is 0 Å². The third-order valence-electron chi connectivity index (χ3n) is 11.5. The van der Waals surface area contributed by atoms with E-state index in [-0.39, 0.29) is 12.5 Å². The van der Waals surface area contributed by atoms with Crippen LogP contribution < -0.4 is 5.32 Å². The summed E-state index contributed by atoms with van der Waals surface area (Å²) in [7, 11) is 0. The van der Waals surface area contributed by atoms with Crippen molar-refractivity contribution in [2.24, 2.45) is 0 Å². The van der Waals surface area contributed by atoms with Crippen molar-refractivity contribution < 1.29 is 15.0 Å². The molecular formula is C59H101NO3. The minimum Gasteiger partial charge on any atom is -0.394 e. The molecule has 0 saturated heterocycles. The van der Waals surface area contributed by atoms with Crippen LogP contribution in [-0.4, -0.2) is 34.9 Å². The maximum Gasteiger partial charge on any atom is 0.220 e. The van der Waals surface area contributed by atoms with Crippen LogP contribution in [0.25, 0.3) is 0 Å². The molecule has 4 heteroatoms. The van der Waals surface area contributed by atoms with Crippen LogP contribution in [0.15, 0.2) is 109 Å². The number of unbranched alkanes of at least 4 members (excludes halogenated alkanes) is 22.